The molecular formula is C27H41NO11. The van der Waals surface area contributed by atoms with Crippen molar-refractivity contribution in [3.8, 4) is 11.5 Å². The minimum absolute atomic E-state index is 0.00294. The summed E-state index contributed by atoms with van der Waals surface area (Å²) >= 11 is 0. The minimum atomic E-state index is -1.09. The highest BCUT2D eigenvalue weighted by atomic mass is 16.7. The number of rotatable bonds is 15. The molecule has 12 nitrogen and oxygen atoms in total. The smallest absolute Gasteiger partial charge is 0.461 e. The summed E-state index contributed by atoms with van der Waals surface area (Å²) in [7, 11) is 0. The van der Waals surface area contributed by atoms with Gasteiger partial charge in [-0.05, 0) is 49.8 Å². The van der Waals surface area contributed by atoms with Crippen molar-refractivity contribution in [2.45, 2.75) is 73.0 Å². The first-order valence-electron chi connectivity index (χ1n) is 13.1. The van der Waals surface area contributed by atoms with Crippen molar-refractivity contribution in [3.63, 3.8) is 0 Å². The topological polar surface area (TPSA) is 159 Å². The van der Waals surface area contributed by atoms with Crippen LogP contribution in [0, 0.1) is 11.8 Å². The van der Waals surface area contributed by atoms with E-state index in [-0.39, 0.29) is 56.2 Å². The molecule has 0 aliphatic carbocycles. The SMILES string of the molecule is CCOC(=O)O[C@@H](C)COC(=O)[C@@H](N)Cc1ccc(OC(=O)OCC(C)CC)c(OC(=O)OCC(C)CC)c1. The first kappa shape index (κ1) is 33.5. The summed E-state index contributed by atoms with van der Waals surface area (Å²) < 4.78 is 35.5. The average molecular weight is 556 g/mol. The fourth-order valence-electron chi connectivity index (χ4n) is 2.73. The van der Waals surface area contributed by atoms with Crippen LogP contribution in [0.1, 0.15) is 59.9 Å². The lowest BCUT2D eigenvalue weighted by Gasteiger charge is -2.17. The van der Waals surface area contributed by atoms with Crippen LogP contribution in [-0.2, 0) is 34.9 Å². The molecule has 1 aromatic carbocycles. The molecule has 0 saturated carbocycles. The van der Waals surface area contributed by atoms with E-state index in [2.05, 4.69) is 4.74 Å². The lowest BCUT2D eigenvalue weighted by Crippen LogP contribution is -2.36. The summed E-state index contributed by atoms with van der Waals surface area (Å²) in [5, 5.41) is 0. The molecule has 2 unspecified atom stereocenters. The third-order valence-electron chi connectivity index (χ3n) is 5.54. The Morgan fingerprint density at radius 3 is 1.85 bits per heavy atom. The molecule has 0 heterocycles. The van der Waals surface area contributed by atoms with E-state index in [1.165, 1.54) is 19.1 Å². The van der Waals surface area contributed by atoms with Crippen LogP contribution < -0.4 is 15.2 Å². The van der Waals surface area contributed by atoms with Crippen LogP contribution in [-0.4, -0.2) is 63.0 Å². The van der Waals surface area contributed by atoms with Crippen LogP contribution in [0.2, 0.25) is 0 Å². The van der Waals surface area contributed by atoms with Crippen molar-refractivity contribution < 1.29 is 52.3 Å². The first-order chi connectivity index (χ1) is 18.5. The van der Waals surface area contributed by atoms with Gasteiger partial charge in [-0.3, -0.25) is 4.79 Å². The number of carbonyl (C=O) groups excluding carboxylic acids is 4. The van der Waals surface area contributed by atoms with Crippen molar-refractivity contribution in [1.82, 2.24) is 0 Å². The third kappa shape index (κ3) is 13.7. The van der Waals surface area contributed by atoms with Crippen LogP contribution in [0.25, 0.3) is 0 Å². The number of hydrogen-bond acceptors (Lipinski definition) is 12. The van der Waals surface area contributed by atoms with Gasteiger partial charge in [-0.2, -0.15) is 0 Å². The predicted molar refractivity (Wildman–Crippen MR) is 140 cm³/mol. The molecule has 0 aliphatic rings. The Bertz CT molecular complexity index is 936. The minimum Gasteiger partial charge on any atom is -0.461 e. The van der Waals surface area contributed by atoms with E-state index >= 15 is 0 Å². The fourth-order valence-corrected chi connectivity index (χ4v) is 2.73. The monoisotopic (exact) mass is 555 g/mol. The number of carbonyl (C=O) groups is 4. The highest BCUT2D eigenvalue weighted by molar-refractivity contribution is 5.76. The second-order valence-corrected chi connectivity index (χ2v) is 9.19. The van der Waals surface area contributed by atoms with Crippen LogP contribution in [0.3, 0.4) is 0 Å². The van der Waals surface area contributed by atoms with E-state index in [1.807, 2.05) is 27.7 Å². The van der Waals surface area contributed by atoms with Crippen molar-refractivity contribution in [1.29, 1.82) is 0 Å². The molecule has 1 aromatic rings. The second kappa shape index (κ2) is 17.9. The quantitative estimate of drug-likeness (QED) is 0.179. The van der Waals surface area contributed by atoms with Crippen molar-refractivity contribution >= 4 is 24.4 Å². The molecule has 4 atom stereocenters. The summed E-state index contributed by atoms with van der Waals surface area (Å²) in [6.07, 6.45) is -1.92. The Labute approximate surface area is 229 Å². The second-order valence-electron chi connectivity index (χ2n) is 9.19. The van der Waals surface area contributed by atoms with Gasteiger partial charge in [-0.15, -0.1) is 0 Å². The average Bonchev–Trinajstić information content (AvgIpc) is 2.90. The molecule has 39 heavy (non-hydrogen) atoms. The van der Waals surface area contributed by atoms with Gasteiger partial charge >= 0.3 is 24.4 Å². The van der Waals surface area contributed by atoms with Gasteiger partial charge in [-0.25, -0.2) is 14.4 Å². The molecule has 0 amide bonds. The Morgan fingerprint density at radius 2 is 1.31 bits per heavy atom. The Balaban J connectivity index is 2.89. The van der Waals surface area contributed by atoms with Crippen molar-refractivity contribution in [2.24, 2.45) is 17.6 Å². The molecule has 0 fully saturated rings. The number of nitrogens with two attached hydrogens (primary N) is 1. The van der Waals surface area contributed by atoms with E-state index in [0.717, 1.165) is 12.8 Å². The Hall–Kier alpha value is -3.54. The predicted octanol–water partition coefficient (Wildman–Crippen LogP) is 4.78. The lowest BCUT2D eigenvalue weighted by atomic mass is 10.1. The van der Waals surface area contributed by atoms with Gasteiger partial charge < -0.3 is 38.9 Å². The molecule has 0 saturated heterocycles. The van der Waals surface area contributed by atoms with Gasteiger partial charge in [0.15, 0.2) is 11.5 Å². The maximum Gasteiger partial charge on any atom is 0.513 e. The van der Waals surface area contributed by atoms with Crippen LogP contribution in [0.5, 0.6) is 11.5 Å². The Kier molecular flexibility index (Phi) is 15.3. The number of benzene rings is 1. The molecule has 0 aromatic heterocycles. The molecule has 0 aliphatic heterocycles. The maximum absolute atomic E-state index is 12.4. The zero-order valence-electron chi connectivity index (χ0n) is 23.6. The van der Waals surface area contributed by atoms with Crippen LogP contribution in [0.15, 0.2) is 18.2 Å². The van der Waals surface area contributed by atoms with Gasteiger partial charge in [0.2, 0.25) is 0 Å². The Morgan fingerprint density at radius 1 is 0.744 bits per heavy atom. The maximum atomic E-state index is 12.4. The summed E-state index contributed by atoms with van der Waals surface area (Å²) in [4.78, 5) is 48.2. The summed E-state index contributed by atoms with van der Waals surface area (Å²) in [5.74, 6) is -0.649. The fraction of sp³-hybridized carbons (Fsp3) is 0.630. The van der Waals surface area contributed by atoms with Gasteiger partial charge in [0.1, 0.15) is 18.8 Å². The molecule has 0 radical (unpaired) electrons. The van der Waals surface area contributed by atoms with Crippen LogP contribution >= 0.6 is 0 Å². The molecule has 12 heteroatoms. The molecule has 0 spiro atoms. The van der Waals surface area contributed by atoms with Gasteiger partial charge in [-0.1, -0.05) is 46.6 Å². The highest BCUT2D eigenvalue weighted by Crippen LogP contribution is 2.30. The van der Waals surface area contributed by atoms with E-state index in [0.29, 0.717) is 5.56 Å². The van der Waals surface area contributed by atoms with E-state index in [1.54, 1.807) is 13.0 Å². The number of ether oxygens (including phenoxy) is 7. The summed E-state index contributed by atoms with van der Waals surface area (Å²) in [6, 6.07) is 3.26. The third-order valence-corrected chi connectivity index (χ3v) is 5.54. The van der Waals surface area contributed by atoms with Gasteiger partial charge in [0, 0.05) is 0 Å². The largest absolute Gasteiger partial charge is 0.513 e. The van der Waals surface area contributed by atoms with E-state index in [9.17, 15) is 19.2 Å². The number of hydrogen-bond donors (Lipinski definition) is 1. The van der Waals surface area contributed by atoms with E-state index in [4.69, 9.17) is 34.2 Å². The zero-order chi connectivity index (χ0) is 29.4. The molecule has 0 bridgehead atoms. The summed E-state index contributed by atoms with van der Waals surface area (Å²) in [6.45, 7) is 11.2. The molecule has 1 rings (SSSR count). The molecule has 2 N–H and O–H groups in total. The normalized spacial score (nSPS) is 13.7. The number of esters is 1. The first-order valence-corrected chi connectivity index (χ1v) is 13.1. The molecule has 220 valence electrons. The van der Waals surface area contributed by atoms with Crippen LogP contribution in [0.4, 0.5) is 14.4 Å². The standard InChI is InChI=1S/C27H41NO11/c1-7-17(4)14-35-26(31)38-22-11-10-20(13-23(22)39-27(32)36-15-18(5)8-2)12-21(28)24(29)34-16-19(6)37-25(30)33-9-3/h10-11,13,17-19,21H,7-9,12,14-16,28H2,1-6H3/t17?,18?,19-,21-/m0/s1. The zero-order valence-corrected chi connectivity index (χ0v) is 23.6. The van der Waals surface area contributed by atoms with Crippen molar-refractivity contribution in [3.05, 3.63) is 23.8 Å². The summed E-state index contributed by atoms with van der Waals surface area (Å²) in [5.41, 5.74) is 6.47. The molecular weight excluding hydrogens is 514 g/mol. The lowest BCUT2D eigenvalue weighted by molar-refractivity contribution is -0.148. The van der Waals surface area contributed by atoms with Gasteiger partial charge in [0.25, 0.3) is 0 Å². The van der Waals surface area contributed by atoms with Gasteiger partial charge in [0.05, 0.1) is 19.8 Å². The highest BCUT2D eigenvalue weighted by Gasteiger charge is 2.22. The van der Waals surface area contributed by atoms with E-state index < -0.39 is 36.6 Å². The van der Waals surface area contributed by atoms with Crippen molar-refractivity contribution in [2.75, 3.05) is 26.4 Å².